The minimum absolute atomic E-state index is 0.852. The molecule has 0 radical (unpaired) electrons. The van der Waals surface area contributed by atoms with Crippen LogP contribution in [0.5, 0.6) is 0 Å². The molecule has 0 saturated heterocycles. The van der Waals surface area contributed by atoms with Crippen LogP contribution in [0.15, 0.2) is 0 Å². The zero-order chi connectivity index (χ0) is 9.36. The van der Waals surface area contributed by atoms with Crippen LogP contribution in [0.25, 0.3) is 0 Å². The van der Waals surface area contributed by atoms with Crippen LogP contribution in [-0.2, 0) is 0 Å². The average Bonchev–Trinajstić information content (AvgIpc) is 2.63. The van der Waals surface area contributed by atoms with Gasteiger partial charge in [-0.15, -0.1) is 18.2 Å². The van der Waals surface area contributed by atoms with Gasteiger partial charge in [0.05, 0.1) is 5.75 Å². The van der Waals surface area contributed by atoms with E-state index < -0.39 is 0 Å². The molecule has 0 heterocycles. The molecule has 0 bridgehead atoms. The predicted molar refractivity (Wildman–Crippen MR) is 61.0 cm³/mol. The second-order valence-electron chi connectivity index (χ2n) is 3.61. The molecule has 1 N–H and O–H groups in total. The lowest BCUT2D eigenvalue weighted by molar-refractivity contribution is 0.500. The molecular formula is C11H19NS. The highest BCUT2D eigenvalue weighted by atomic mass is 32.2. The second-order valence-corrected chi connectivity index (χ2v) is 4.72. The molecule has 0 aromatic carbocycles. The summed E-state index contributed by atoms with van der Waals surface area (Å²) in [6, 6.07) is 0. The molecule has 0 aromatic rings. The molecule has 1 aliphatic carbocycles. The molecule has 0 atom stereocenters. The fraction of sp³-hybridized carbons (Fsp3) is 0.818. The van der Waals surface area contributed by atoms with Crippen molar-refractivity contribution in [2.75, 3.05) is 24.6 Å². The number of nitrogens with one attached hydrogen (secondary N) is 1. The maximum Gasteiger partial charge on any atom is 0.0545 e. The Balaban J connectivity index is 1.81. The van der Waals surface area contributed by atoms with Crippen LogP contribution < -0.4 is 5.32 Å². The molecule has 0 aromatic heterocycles. The van der Waals surface area contributed by atoms with Gasteiger partial charge in [0.1, 0.15) is 0 Å². The van der Waals surface area contributed by atoms with Crippen LogP contribution in [0.2, 0.25) is 0 Å². The zero-order valence-electron chi connectivity index (χ0n) is 8.22. The van der Waals surface area contributed by atoms with E-state index in [-0.39, 0.29) is 0 Å². The molecule has 13 heavy (non-hydrogen) atoms. The highest BCUT2D eigenvalue weighted by Crippen LogP contribution is 2.23. The largest absolute Gasteiger partial charge is 0.316 e. The third-order valence-corrected chi connectivity index (χ3v) is 3.38. The van der Waals surface area contributed by atoms with Gasteiger partial charge in [-0.3, -0.25) is 0 Å². The fourth-order valence-electron chi connectivity index (χ4n) is 1.80. The smallest absolute Gasteiger partial charge is 0.0545 e. The summed E-state index contributed by atoms with van der Waals surface area (Å²) in [6.07, 6.45) is 10.9. The monoisotopic (exact) mass is 197 g/mol. The van der Waals surface area contributed by atoms with E-state index in [1.54, 1.807) is 0 Å². The first-order chi connectivity index (χ1) is 6.43. The molecule has 74 valence electrons. The summed E-state index contributed by atoms with van der Waals surface area (Å²) < 4.78 is 0. The topological polar surface area (TPSA) is 12.0 Å². The summed E-state index contributed by atoms with van der Waals surface area (Å²) >= 11 is 1.84. The van der Waals surface area contributed by atoms with Crippen molar-refractivity contribution in [1.82, 2.24) is 5.32 Å². The standard InChI is InChI=1S/C11H19NS/c1-2-8-13-9-7-12-10-11-5-3-4-6-11/h1,11-12H,3-10H2. The summed E-state index contributed by atoms with van der Waals surface area (Å²) in [5, 5.41) is 3.50. The molecule has 1 fully saturated rings. The van der Waals surface area contributed by atoms with E-state index in [1.807, 2.05) is 11.8 Å². The van der Waals surface area contributed by atoms with E-state index in [1.165, 1.54) is 32.2 Å². The predicted octanol–water partition coefficient (Wildman–Crippen LogP) is 2.13. The Morgan fingerprint density at radius 2 is 2.15 bits per heavy atom. The van der Waals surface area contributed by atoms with Gasteiger partial charge in [0.25, 0.3) is 0 Å². The molecule has 1 saturated carbocycles. The fourth-order valence-corrected chi connectivity index (χ4v) is 2.35. The van der Waals surface area contributed by atoms with Gasteiger partial charge < -0.3 is 5.32 Å². The molecule has 0 amide bonds. The maximum atomic E-state index is 5.15. The summed E-state index contributed by atoms with van der Waals surface area (Å²) in [7, 11) is 0. The van der Waals surface area contributed by atoms with Gasteiger partial charge in [0.15, 0.2) is 0 Å². The van der Waals surface area contributed by atoms with Crippen LogP contribution in [-0.4, -0.2) is 24.6 Å². The maximum absolute atomic E-state index is 5.15. The molecule has 1 rings (SSSR count). The highest BCUT2D eigenvalue weighted by Gasteiger charge is 2.13. The number of rotatable bonds is 6. The molecule has 0 unspecified atom stereocenters. The molecule has 2 heteroatoms. The van der Waals surface area contributed by atoms with Gasteiger partial charge in [0.2, 0.25) is 0 Å². The van der Waals surface area contributed by atoms with E-state index in [4.69, 9.17) is 6.42 Å². The first-order valence-electron chi connectivity index (χ1n) is 5.15. The number of terminal acetylenes is 1. The normalized spacial score (nSPS) is 17.5. The Labute approximate surface area is 86.1 Å². The van der Waals surface area contributed by atoms with Crippen molar-refractivity contribution in [3.05, 3.63) is 0 Å². The lowest BCUT2D eigenvalue weighted by Crippen LogP contribution is -2.23. The lowest BCUT2D eigenvalue weighted by Gasteiger charge is -2.09. The molecule has 1 nitrogen and oxygen atoms in total. The summed E-state index contributed by atoms with van der Waals surface area (Å²) in [6.45, 7) is 2.33. The van der Waals surface area contributed by atoms with E-state index >= 15 is 0 Å². The van der Waals surface area contributed by atoms with Gasteiger partial charge >= 0.3 is 0 Å². The SMILES string of the molecule is C#CCSCCNCC1CCCC1. The minimum atomic E-state index is 0.852. The van der Waals surface area contributed by atoms with Gasteiger partial charge in [-0.1, -0.05) is 18.8 Å². The zero-order valence-corrected chi connectivity index (χ0v) is 9.04. The van der Waals surface area contributed by atoms with Crippen molar-refractivity contribution in [3.8, 4) is 12.3 Å². The Morgan fingerprint density at radius 3 is 2.85 bits per heavy atom. The third-order valence-electron chi connectivity index (χ3n) is 2.52. The van der Waals surface area contributed by atoms with E-state index in [2.05, 4.69) is 11.2 Å². The van der Waals surface area contributed by atoms with Crippen molar-refractivity contribution in [2.24, 2.45) is 5.92 Å². The van der Waals surface area contributed by atoms with Gasteiger partial charge in [-0.05, 0) is 25.3 Å². The van der Waals surface area contributed by atoms with Crippen LogP contribution >= 0.6 is 11.8 Å². The van der Waals surface area contributed by atoms with Gasteiger partial charge in [-0.25, -0.2) is 0 Å². The Kier molecular flexibility index (Phi) is 6.14. The Bertz CT molecular complexity index is 156. The number of hydrogen-bond donors (Lipinski definition) is 1. The first kappa shape index (κ1) is 10.9. The van der Waals surface area contributed by atoms with E-state index in [9.17, 15) is 0 Å². The average molecular weight is 197 g/mol. The second kappa shape index (κ2) is 7.29. The van der Waals surface area contributed by atoms with Crippen molar-refractivity contribution in [2.45, 2.75) is 25.7 Å². The summed E-state index contributed by atoms with van der Waals surface area (Å²) in [4.78, 5) is 0. The van der Waals surface area contributed by atoms with E-state index in [0.717, 1.165) is 24.0 Å². The van der Waals surface area contributed by atoms with Crippen molar-refractivity contribution in [1.29, 1.82) is 0 Å². The summed E-state index contributed by atoms with van der Waals surface area (Å²) in [5.41, 5.74) is 0. The lowest BCUT2D eigenvalue weighted by atomic mass is 10.1. The number of thioether (sulfide) groups is 1. The molecule has 0 spiro atoms. The summed E-state index contributed by atoms with van der Waals surface area (Å²) in [5.74, 6) is 5.59. The molecular weight excluding hydrogens is 178 g/mol. The van der Waals surface area contributed by atoms with E-state index in [0.29, 0.717) is 0 Å². The molecule has 1 aliphatic rings. The quantitative estimate of drug-likeness (QED) is 0.517. The Hall–Kier alpha value is -0.130. The first-order valence-corrected chi connectivity index (χ1v) is 6.31. The van der Waals surface area contributed by atoms with Crippen molar-refractivity contribution in [3.63, 3.8) is 0 Å². The van der Waals surface area contributed by atoms with Crippen molar-refractivity contribution >= 4 is 11.8 Å². The van der Waals surface area contributed by atoms with Gasteiger partial charge in [-0.2, -0.15) is 0 Å². The van der Waals surface area contributed by atoms with Gasteiger partial charge in [0, 0.05) is 12.3 Å². The highest BCUT2D eigenvalue weighted by molar-refractivity contribution is 7.99. The minimum Gasteiger partial charge on any atom is -0.316 e. The molecule has 0 aliphatic heterocycles. The Morgan fingerprint density at radius 1 is 1.38 bits per heavy atom. The van der Waals surface area contributed by atoms with Crippen molar-refractivity contribution < 1.29 is 0 Å². The number of hydrogen-bond acceptors (Lipinski definition) is 2. The van der Waals surface area contributed by atoms with Crippen LogP contribution in [0.4, 0.5) is 0 Å². The van der Waals surface area contributed by atoms with Crippen LogP contribution in [0.3, 0.4) is 0 Å². The van der Waals surface area contributed by atoms with Crippen LogP contribution in [0.1, 0.15) is 25.7 Å². The third kappa shape index (κ3) is 5.23. The van der Waals surface area contributed by atoms with Crippen LogP contribution in [0, 0.1) is 18.3 Å².